The van der Waals surface area contributed by atoms with Crippen LogP contribution in [-0.4, -0.2) is 54.1 Å². The summed E-state index contributed by atoms with van der Waals surface area (Å²) >= 11 is 1.48. The van der Waals surface area contributed by atoms with Gasteiger partial charge in [0.15, 0.2) is 10.9 Å². The van der Waals surface area contributed by atoms with Crippen LogP contribution in [0.3, 0.4) is 0 Å². The number of methoxy groups -OCH3 is 1. The third-order valence-electron chi connectivity index (χ3n) is 6.21. The number of carbonyl (C=O) groups excluding carboxylic acids is 1. The van der Waals surface area contributed by atoms with Gasteiger partial charge in [-0.1, -0.05) is 42.1 Å². The molecule has 5 rings (SSSR count). The Labute approximate surface area is 226 Å². The summed E-state index contributed by atoms with van der Waals surface area (Å²) in [4.78, 5) is 26.7. The van der Waals surface area contributed by atoms with Crippen molar-refractivity contribution < 1.29 is 18.4 Å². The number of carbonyl (C=O) groups is 1. The normalized spacial score (nSPS) is 14.1. The Balaban J connectivity index is 1.18. The lowest BCUT2D eigenvalue weighted by atomic mass is 10.2. The zero-order valence-corrected chi connectivity index (χ0v) is 22.2. The van der Waals surface area contributed by atoms with E-state index in [9.17, 15) is 4.79 Å². The number of furan rings is 2. The summed E-state index contributed by atoms with van der Waals surface area (Å²) in [5.41, 5.74) is 2.17. The molecule has 0 atom stereocenters. The molecule has 4 aromatic rings. The molecule has 1 aliphatic heterocycles. The summed E-state index contributed by atoms with van der Waals surface area (Å²) in [6, 6.07) is 19.7. The van der Waals surface area contributed by atoms with Gasteiger partial charge in [0.2, 0.25) is 0 Å². The van der Waals surface area contributed by atoms with Gasteiger partial charge in [0.25, 0.3) is 5.91 Å². The zero-order valence-electron chi connectivity index (χ0n) is 21.3. The molecule has 1 fully saturated rings. The van der Waals surface area contributed by atoms with Gasteiger partial charge in [0.05, 0.1) is 30.9 Å². The highest BCUT2D eigenvalue weighted by molar-refractivity contribution is 7.98. The van der Waals surface area contributed by atoms with E-state index in [0.717, 1.165) is 44.2 Å². The van der Waals surface area contributed by atoms with E-state index in [4.69, 9.17) is 18.6 Å². The summed E-state index contributed by atoms with van der Waals surface area (Å²) in [6.07, 6.45) is 1.57. The lowest BCUT2D eigenvalue weighted by Crippen LogP contribution is -2.46. The smallest absolute Gasteiger partial charge is 0.287 e. The molecule has 0 unspecified atom stereocenters. The number of hydrogen-bond acceptors (Lipinski definition) is 9. The fourth-order valence-corrected chi connectivity index (χ4v) is 5.03. The number of aromatic nitrogens is 2. The van der Waals surface area contributed by atoms with Crippen molar-refractivity contribution in [1.82, 2.24) is 20.2 Å². The molecule has 38 heavy (non-hydrogen) atoms. The van der Waals surface area contributed by atoms with Crippen LogP contribution in [0.15, 0.2) is 80.9 Å². The molecular formula is C28H31N5O4S. The van der Waals surface area contributed by atoms with Gasteiger partial charge >= 0.3 is 0 Å². The number of thioether (sulfide) groups is 1. The largest absolute Gasteiger partial charge is 0.467 e. The van der Waals surface area contributed by atoms with Crippen molar-refractivity contribution in [2.45, 2.75) is 30.6 Å². The van der Waals surface area contributed by atoms with E-state index < -0.39 is 0 Å². The van der Waals surface area contributed by atoms with Gasteiger partial charge in [-0.05, 0) is 29.8 Å². The second-order valence-corrected chi connectivity index (χ2v) is 9.94. The number of nitrogens with zero attached hydrogens (tertiary/aromatic N) is 4. The van der Waals surface area contributed by atoms with Crippen LogP contribution in [0, 0.1) is 0 Å². The SMILES string of the molecule is COCc1cc(N2CCN(Cc3ccccc3)CC2)nc(SCc2ccc(C(=O)NCc3ccco3)o2)n1. The van der Waals surface area contributed by atoms with E-state index in [2.05, 4.69) is 50.4 Å². The van der Waals surface area contributed by atoms with Crippen LogP contribution < -0.4 is 10.2 Å². The highest BCUT2D eigenvalue weighted by Crippen LogP contribution is 2.25. The Hall–Kier alpha value is -3.60. The number of benzene rings is 1. The second-order valence-electron chi connectivity index (χ2n) is 9.00. The molecule has 9 nitrogen and oxygen atoms in total. The van der Waals surface area contributed by atoms with Crippen molar-refractivity contribution in [2.75, 3.05) is 38.2 Å². The van der Waals surface area contributed by atoms with Gasteiger partial charge in [0.1, 0.15) is 17.3 Å². The summed E-state index contributed by atoms with van der Waals surface area (Å²) in [6.45, 7) is 5.42. The number of hydrogen-bond donors (Lipinski definition) is 1. The molecule has 0 aliphatic carbocycles. The predicted octanol–water partition coefficient (Wildman–Crippen LogP) is 4.35. The van der Waals surface area contributed by atoms with E-state index in [1.165, 1.54) is 17.3 Å². The van der Waals surface area contributed by atoms with Crippen molar-refractivity contribution in [2.24, 2.45) is 0 Å². The Morgan fingerprint density at radius 3 is 2.63 bits per heavy atom. The predicted molar refractivity (Wildman–Crippen MR) is 145 cm³/mol. The molecule has 198 valence electrons. The van der Waals surface area contributed by atoms with E-state index in [-0.39, 0.29) is 11.7 Å². The number of nitrogens with one attached hydrogen (secondary N) is 1. The van der Waals surface area contributed by atoms with Crippen molar-refractivity contribution >= 4 is 23.5 Å². The van der Waals surface area contributed by atoms with Gasteiger partial charge in [-0.15, -0.1) is 0 Å². The van der Waals surface area contributed by atoms with Crippen LogP contribution in [0.25, 0.3) is 0 Å². The number of anilines is 1. The van der Waals surface area contributed by atoms with Gasteiger partial charge in [-0.3, -0.25) is 9.69 Å². The van der Waals surface area contributed by atoms with E-state index in [0.29, 0.717) is 35.6 Å². The van der Waals surface area contributed by atoms with Crippen molar-refractivity contribution in [1.29, 1.82) is 0 Å². The molecule has 1 aromatic carbocycles. The summed E-state index contributed by atoms with van der Waals surface area (Å²) in [5.74, 6) is 2.75. The maximum Gasteiger partial charge on any atom is 0.287 e. The second kappa shape index (κ2) is 12.8. The van der Waals surface area contributed by atoms with Crippen LogP contribution in [0.2, 0.25) is 0 Å². The molecule has 1 aliphatic rings. The number of rotatable bonds is 11. The maximum absolute atomic E-state index is 12.4. The van der Waals surface area contributed by atoms with Crippen LogP contribution >= 0.6 is 11.8 Å². The Bertz CT molecular complexity index is 1300. The zero-order chi connectivity index (χ0) is 26.2. The Morgan fingerprint density at radius 1 is 1.03 bits per heavy atom. The standard InChI is InChI=1S/C28H31N5O4S/c1-35-19-22-16-26(33-13-11-32(12-14-33)18-21-6-3-2-4-7-21)31-28(30-22)38-20-24-9-10-25(37-24)27(34)29-17-23-8-5-15-36-23/h2-10,15-16H,11-14,17-20H2,1H3,(H,29,34). The third-order valence-corrected chi connectivity index (χ3v) is 7.08. The van der Waals surface area contributed by atoms with Crippen LogP contribution in [-0.2, 0) is 30.2 Å². The fraction of sp³-hybridized carbons (Fsp3) is 0.321. The molecule has 1 amide bonds. The maximum atomic E-state index is 12.4. The number of piperazine rings is 1. The lowest BCUT2D eigenvalue weighted by Gasteiger charge is -2.35. The summed E-state index contributed by atoms with van der Waals surface area (Å²) in [7, 11) is 1.66. The summed E-state index contributed by atoms with van der Waals surface area (Å²) in [5, 5.41) is 3.44. The first-order chi connectivity index (χ1) is 18.7. The molecule has 3 aromatic heterocycles. The molecule has 10 heteroatoms. The minimum absolute atomic E-state index is 0.260. The van der Waals surface area contributed by atoms with Crippen molar-refractivity contribution in [3.8, 4) is 0 Å². The third kappa shape index (κ3) is 7.03. The topological polar surface area (TPSA) is 96.9 Å². The highest BCUT2D eigenvalue weighted by atomic mass is 32.2. The van der Waals surface area contributed by atoms with E-state index >= 15 is 0 Å². The quantitative estimate of drug-likeness (QED) is 0.223. The molecule has 0 spiro atoms. The highest BCUT2D eigenvalue weighted by Gasteiger charge is 2.20. The molecule has 0 saturated carbocycles. The molecule has 4 heterocycles. The Kier molecular flexibility index (Phi) is 8.75. The van der Waals surface area contributed by atoms with Gasteiger partial charge < -0.3 is 23.8 Å². The Morgan fingerprint density at radius 2 is 1.87 bits per heavy atom. The minimum Gasteiger partial charge on any atom is -0.467 e. The average Bonchev–Trinajstić information content (AvgIpc) is 3.64. The number of amides is 1. The van der Waals surface area contributed by atoms with Crippen molar-refractivity contribution in [3.63, 3.8) is 0 Å². The van der Waals surface area contributed by atoms with Crippen LogP contribution in [0.5, 0.6) is 0 Å². The molecule has 1 N–H and O–H groups in total. The molecular weight excluding hydrogens is 502 g/mol. The fourth-order valence-electron chi connectivity index (χ4n) is 4.27. The molecule has 0 radical (unpaired) electrons. The minimum atomic E-state index is -0.287. The van der Waals surface area contributed by atoms with Crippen molar-refractivity contribution in [3.05, 3.63) is 95.5 Å². The van der Waals surface area contributed by atoms with Gasteiger partial charge in [-0.2, -0.15) is 0 Å². The van der Waals surface area contributed by atoms with Crippen LogP contribution in [0.4, 0.5) is 5.82 Å². The first kappa shape index (κ1) is 26.0. The van der Waals surface area contributed by atoms with Gasteiger partial charge in [-0.25, -0.2) is 9.97 Å². The van der Waals surface area contributed by atoms with Gasteiger partial charge in [0, 0.05) is 45.9 Å². The van der Waals surface area contributed by atoms with Crippen LogP contribution in [0.1, 0.15) is 33.3 Å². The number of ether oxygens (including phenoxy) is 1. The average molecular weight is 534 g/mol. The van der Waals surface area contributed by atoms with E-state index in [1.54, 1.807) is 37.6 Å². The molecule has 1 saturated heterocycles. The lowest BCUT2D eigenvalue weighted by molar-refractivity contribution is 0.0919. The molecule has 0 bridgehead atoms. The summed E-state index contributed by atoms with van der Waals surface area (Å²) < 4.78 is 16.4. The first-order valence-electron chi connectivity index (χ1n) is 12.6. The monoisotopic (exact) mass is 533 g/mol. The first-order valence-corrected chi connectivity index (χ1v) is 13.5. The van der Waals surface area contributed by atoms with E-state index in [1.807, 2.05) is 6.07 Å².